The Morgan fingerprint density at radius 1 is 1.03 bits per heavy atom. The Hall–Kier alpha value is -7.51. The predicted molar refractivity (Wildman–Crippen MR) is 233 cm³/mol. The van der Waals surface area contributed by atoms with Crippen molar-refractivity contribution in [2.45, 2.75) is 31.8 Å². The number of likely N-dealkylation sites (N-methyl/N-ethyl adjacent to an activating group) is 1. The SMILES string of the molecule is C#CCN(CCC(=O)Nc1cccc2c1CN(C1CCC(=O)NC1=O)C2=O)CCN(C)c1cc(OC)c(Nc2nccc(-c3cn(C)c4ccccc34)n2)cc1NC(=O)C=C. The van der Waals surface area contributed by atoms with E-state index in [9.17, 15) is 24.0 Å². The van der Waals surface area contributed by atoms with Crippen molar-refractivity contribution in [3.8, 4) is 29.4 Å². The lowest BCUT2D eigenvalue weighted by Crippen LogP contribution is -2.52. The van der Waals surface area contributed by atoms with Gasteiger partial charge in [-0.15, -0.1) is 6.42 Å². The van der Waals surface area contributed by atoms with Gasteiger partial charge in [-0.05, 0) is 42.8 Å². The van der Waals surface area contributed by atoms with E-state index < -0.39 is 17.9 Å². The second kappa shape index (κ2) is 18.2. The van der Waals surface area contributed by atoms with Crippen molar-refractivity contribution < 1.29 is 28.7 Å². The average molecular weight is 823 g/mol. The molecular weight excluding hydrogens is 777 g/mol. The summed E-state index contributed by atoms with van der Waals surface area (Å²) in [6.45, 7) is 5.29. The summed E-state index contributed by atoms with van der Waals surface area (Å²) in [5, 5.41) is 12.5. The Morgan fingerprint density at radius 3 is 2.62 bits per heavy atom. The number of anilines is 5. The summed E-state index contributed by atoms with van der Waals surface area (Å²) in [4.78, 5) is 78.1. The molecule has 61 heavy (non-hydrogen) atoms. The van der Waals surface area contributed by atoms with Gasteiger partial charge >= 0.3 is 0 Å². The van der Waals surface area contributed by atoms with E-state index in [4.69, 9.17) is 16.1 Å². The number of para-hydroxylation sites is 1. The molecule has 4 heterocycles. The van der Waals surface area contributed by atoms with Crippen LogP contribution in [0.15, 0.2) is 85.7 Å². The third kappa shape index (κ3) is 9.07. The molecule has 3 aromatic carbocycles. The van der Waals surface area contributed by atoms with Gasteiger partial charge in [0.2, 0.25) is 29.6 Å². The van der Waals surface area contributed by atoms with Gasteiger partial charge in [-0.1, -0.05) is 36.8 Å². The minimum absolute atomic E-state index is 0.110. The molecule has 2 aliphatic heterocycles. The topological polar surface area (TPSA) is 183 Å². The van der Waals surface area contributed by atoms with Crippen molar-refractivity contribution in [2.24, 2.45) is 7.05 Å². The highest BCUT2D eigenvalue weighted by molar-refractivity contribution is 6.07. The first-order valence-corrected chi connectivity index (χ1v) is 19.7. The first-order chi connectivity index (χ1) is 29.5. The monoisotopic (exact) mass is 822 g/mol. The second-order valence-corrected chi connectivity index (χ2v) is 14.8. The maximum atomic E-state index is 13.3. The van der Waals surface area contributed by atoms with Crippen LogP contribution in [0.3, 0.4) is 0 Å². The fourth-order valence-corrected chi connectivity index (χ4v) is 7.66. The van der Waals surface area contributed by atoms with Crippen LogP contribution in [0.25, 0.3) is 22.2 Å². The van der Waals surface area contributed by atoms with Crippen LogP contribution in [0.5, 0.6) is 5.75 Å². The molecule has 1 fully saturated rings. The first kappa shape index (κ1) is 41.6. The second-order valence-electron chi connectivity index (χ2n) is 14.8. The van der Waals surface area contributed by atoms with E-state index in [0.29, 0.717) is 65.2 Å². The maximum Gasteiger partial charge on any atom is 0.255 e. The van der Waals surface area contributed by atoms with Crippen LogP contribution < -0.4 is 30.9 Å². The summed E-state index contributed by atoms with van der Waals surface area (Å²) in [5.74, 6) is 1.62. The Kier molecular flexibility index (Phi) is 12.4. The van der Waals surface area contributed by atoms with Crippen molar-refractivity contribution in [2.75, 3.05) is 61.2 Å². The number of terminal acetylenes is 1. The van der Waals surface area contributed by atoms with Gasteiger partial charge in [0, 0.05) is 105 Å². The highest BCUT2D eigenvalue weighted by Gasteiger charge is 2.40. The summed E-state index contributed by atoms with van der Waals surface area (Å²) in [7, 11) is 5.42. The normalized spacial score (nSPS) is 14.6. The van der Waals surface area contributed by atoms with Crippen molar-refractivity contribution in [1.82, 2.24) is 29.7 Å². The van der Waals surface area contributed by atoms with Gasteiger partial charge in [0.15, 0.2) is 0 Å². The first-order valence-electron chi connectivity index (χ1n) is 19.7. The van der Waals surface area contributed by atoms with Gasteiger partial charge in [-0.2, -0.15) is 0 Å². The lowest BCUT2D eigenvalue weighted by atomic mass is 10.0. The fraction of sp³-hybridized carbons (Fsp3) is 0.267. The van der Waals surface area contributed by atoms with Crippen LogP contribution in [0.2, 0.25) is 0 Å². The molecule has 4 N–H and O–H groups in total. The molecule has 2 aliphatic rings. The molecule has 312 valence electrons. The van der Waals surface area contributed by atoms with Gasteiger partial charge in [0.25, 0.3) is 5.91 Å². The van der Waals surface area contributed by atoms with Gasteiger partial charge in [-0.3, -0.25) is 34.2 Å². The van der Waals surface area contributed by atoms with Crippen LogP contribution >= 0.6 is 0 Å². The van der Waals surface area contributed by atoms with E-state index >= 15 is 0 Å². The smallest absolute Gasteiger partial charge is 0.255 e. The number of benzene rings is 3. The van der Waals surface area contributed by atoms with Gasteiger partial charge in [0.1, 0.15) is 11.8 Å². The number of carbonyl (C=O) groups excluding carboxylic acids is 5. The highest BCUT2D eigenvalue weighted by Crippen LogP contribution is 2.39. The largest absolute Gasteiger partial charge is 0.494 e. The number of ether oxygens (including phenoxy) is 1. The number of carbonyl (C=O) groups is 5. The minimum atomic E-state index is -0.763. The zero-order valence-corrected chi connectivity index (χ0v) is 34.2. The van der Waals surface area contributed by atoms with Crippen LogP contribution in [-0.2, 0) is 32.8 Å². The van der Waals surface area contributed by atoms with Gasteiger partial charge < -0.3 is 35.1 Å². The number of rotatable bonds is 16. The number of piperidine rings is 1. The summed E-state index contributed by atoms with van der Waals surface area (Å²) >= 11 is 0. The number of hydrogen-bond donors (Lipinski definition) is 4. The van der Waals surface area contributed by atoms with E-state index in [1.165, 1.54) is 11.0 Å². The van der Waals surface area contributed by atoms with Crippen LogP contribution in [0.1, 0.15) is 35.2 Å². The summed E-state index contributed by atoms with van der Waals surface area (Å²) in [6.07, 6.45) is 11.1. The number of nitrogens with one attached hydrogen (secondary N) is 4. The fourth-order valence-electron chi connectivity index (χ4n) is 7.66. The van der Waals surface area contributed by atoms with Crippen molar-refractivity contribution in [3.05, 3.63) is 96.8 Å². The van der Waals surface area contributed by atoms with Crippen molar-refractivity contribution in [1.29, 1.82) is 0 Å². The van der Waals surface area contributed by atoms with Crippen molar-refractivity contribution in [3.63, 3.8) is 0 Å². The molecule has 0 spiro atoms. The van der Waals surface area contributed by atoms with Crippen LogP contribution in [-0.4, -0.2) is 100 Å². The molecule has 2 aromatic heterocycles. The molecule has 1 saturated heterocycles. The molecule has 7 rings (SSSR count). The molecule has 0 aliphatic carbocycles. The molecule has 1 unspecified atom stereocenters. The average Bonchev–Trinajstić information content (AvgIpc) is 3.78. The number of hydrogen-bond acceptors (Lipinski definition) is 11. The molecular formula is C45H46N10O6. The van der Waals surface area contributed by atoms with Gasteiger partial charge in [0.05, 0.1) is 36.4 Å². The number of fused-ring (bicyclic) bond motifs is 2. The van der Waals surface area contributed by atoms with E-state index in [1.54, 1.807) is 43.6 Å². The van der Waals surface area contributed by atoms with E-state index in [0.717, 1.165) is 22.2 Å². The Bertz CT molecular complexity index is 2600. The molecule has 16 nitrogen and oxygen atoms in total. The third-order valence-corrected chi connectivity index (χ3v) is 10.8. The number of amides is 5. The molecule has 0 bridgehead atoms. The number of aryl methyl sites for hydroxylation is 1. The lowest BCUT2D eigenvalue weighted by molar-refractivity contribution is -0.137. The Morgan fingerprint density at radius 2 is 1.85 bits per heavy atom. The number of imide groups is 1. The van der Waals surface area contributed by atoms with Crippen LogP contribution in [0, 0.1) is 12.3 Å². The summed E-state index contributed by atoms with van der Waals surface area (Å²) in [6, 6.07) is 17.8. The van der Waals surface area contributed by atoms with E-state index in [1.807, 2.05) is 48.3 Å². The number of methoxy groups -OCH3 is 1. The minimum Gasteiger partial charge on any atom is -0.494 e. The standard InChI is InChI=1S/C45H46N10O6/c1-6-20-54(21-18-42(58)47-32-13-10-12-29-31(32)27-55(44(29)60)37-15-16-41(57)51-43(37)59)23-22-52(3)38-25-39(61-5)35(24-34(38)48-40(56)7-2)50-45-46-19-17-33(49-45)30-26-53(4)36-14-9-8-11-28(30)36/h1,7-14,17,19,24-26,37H,2,15-16,18,20-23,27H2,3-5H3,(H,47,58)(H,48,56)(H,46,49,50)(H,51,57,59). The third-order valence-electron chi connectivity index (χ3n) is 10.8. The molecule has 5 aromatic rings. The van der Waals surface area contributed by atoms with E-state index in [-0.39, 0.29) is 50.1 Å². The Balaban J connectivity index is 1.02. The lowest BCUT2D eigenvalue weighted by Gasteiger charge is -2.29. The predicted octanol–water partition coefficient (Wildman–Crippen LogP) is 4.67. The molecule has 5 amide bonds. The molecule has 1 atom stereocenters. The van der Waals surface area contributed by atoms with Gasteiger partial charge in [-0.25, -0.2) is 9.97 Å². The van der Waals surface area contributed by atoms with E-state index in [2.05, 4.69) is 55.5 Å². The Labute approximate surface area is 353 Å². The highest BCUT2D eigenvalue weighted by atomic mass is 16.5. The molecule has 0 saturated carbocycles. The van der Waals surface area contributed by atoms with Crippen molar-refractivity contribution >= 4 is 69.1 Å². The quantitative estimate of drug-likeness (QED) is 0.0617. The molecule has 0 radical (unpaired) electrons. The molecule has 16 heteroatoms. The van der Waals surface area contributed by atoms with Crippen LogP contribution in [0.4, 0.5) is 28.7 Å². The zero-order valence-electron chi connectivity index (χ0n) is 34.2. The summed E-state index contributed by atoms with van der Waals surface area (Å²) < 4.78 is 7.87. The zero-order chi connectivity index (χ0) is 43.2. The number of aromatic nitrogens is 3. The number of nitrogens with zero attached hydrogens (tertiary/aromatic N) is 6. The summed E-state index contributed by atoms with van der Waals surface area (Å²) in [5.41, 5.74) is 5.93. The maximum absolute atomic E-state index is 13.3.